The smallest absolute Gasteiger partial charge is 0.170 e. The van der Waals surface area contributed by atoms with Gasteiger partial charge in [0.1, 0.15) is 0 Å². The maximum atomic E-state index is 8.71. The van der Waals surface area contributed by atoms with Crippen LogP contribution in [0.5, 0.6) is 0 Å². The number of amidine groups is 1. The van der Waals surface area contributed by atoms with Gasteiger partial charge in [0, 0.05) is 16.2 Å². The van der Waals surface area contributed by atoms with Gasteiger partial charge in [0.2, 0.25) is 0 Å². The highest BCUT2D eigenvalue weighted by molar-refractivity contribution is 7.98. The van der Waals surface area contributed by atoms with E-state index < -0.39 is 0 Å². The lowest BCUT2D eigenvalue weighted by Crippen LogP contribution is -2.13. The van der Waals surface area contributed by atoms with Crippen LogP contribution in [0.1, 0.15) is 22.3 Å². The van der Waals surface area contributed by atoms with Gasteiger partial charge in [-0.25, -0.2) is 0 Å². The first kappa shape index (κ1) is 14.5. The molecule has 0 spiro atoms. The summed E-state index contributed by atoms with van der Waals surface area (Å²) in [6.45, 7) is 4.22. The minimum Gasteiger partial charge on any atom is -0.409 e. The number of nitrogens with zero attached hydrogens (tertiary/aromatic N) is 1. The largest absolute Gasteiger partial charge is 0.409 e. The SMILES string of the molecule is Cc1ccc(C)c(SCc2cccc(/C(N)=N/O)c2)c1. The van der Waals surface area contributed by atoms with Crippen LogP contribution in [0.4, 0.5) is 0 Å². The highest BCUT2D eigenvalue weighted by atomic mass is 32.2. The number of nitrogens with two attached hydrogens (primary N) is 1. The quantitative estimate of drug-likeness (QED) is 0.296. The van der Waals surface area contributed by atoms with E-state index in [1.54, 1.807) is 11.8 Å². The van der Waals surface area contributed by atoms with Gasteiger partial charge in [-0.3, -0.25) is 0 Å². The lowest BCUT2D eigenvalue weighted by Gasteiger charge is -2.08. The number of hydrogen-bond acceptors (Lipinski definition) is 3. The molecule has 0 fully saturated rings. The Kier molecular flexibility index (Phi) is 4.69. The number of benzene rings is 2. The summed E-state index contributed by atoms with van der Waals surface area (Å²) >= 11 is 1.80. The summed E-state index contributed by atoms with van der Waals surface area (Å²) in [5, 5.41) is 11.7. The van der Waals surface area contributed by atoms with Crippen molar-refractivity contribution in [2.75, 3.05) is 0 Å². The van der Waals surface area contributed by atoms with Crippen LogP contribution in [-0.4, -0.2) is 11.0 Å². The van der Waals surface area contributed by atoms with Crippen molar-refractivity contribution in [2.24, 2.45) is 10.9 Å². The molecule has 20 heavy (non-hydrogen) atoms. The molecule has 4 heteroatoms. The van der Waals surface area contributed by atoms with Crippen LogP contribution in [0.25, 0.3) is 0 Å². The summed E-state index contributed by atoms with van der Waals surface area (Å²) in [5.41, 5.74) is 10.1. The zero-order valence-electron chi connectivity index (χ0n) is 11.6. The summed E-state index contributed by atoms with van der Waals surface area (Å²) in [5.74, 6) is 1.00. The zero-order chi connectivity index (χ0) is 14.5. The molecule has 0 aromatic heterocycles. The molecule has 0 aliphatic heterocycles. The standard InChI is InChI=1S/C16H18N2OS/c1-11-6-7-12(2)15(8-11)20-10-13-4-3-5-14(9-13)16(17)18-19/h3-9,19H,10H2,1-2H3,(H2,17,18). The Bertz CT molecular complexity index is 638. The Balaban J connectivity index is 2.13. The fourth-order valence-corrected chi connectivity index (χ4v) is 2.97. The van der Waals surface area contributed by atoms with Gasteiger partial charge in [-0.05, 0) is 37.1 Å². The Labute approximate surface area is 123 Å². The minimum absolute atomic E-state index is 0.142. The van der Waals surface area contributed by atoms with Crippen LogP contribution in [0, 0.1) is 13.8 Å². The number of rotatable bonds is 4. The van der Waals surface area contributed by atoms with Crippen molar-refractivity contribution in [1.82, 2.24) is 0 Å². The minimum atomic E-state index is 0.142. The van der Waals surface area contributed by atoms with Gasteiger partial charge in [-0.1, -0.05) is 41.1 Å². The summed E-state index contributed by atoms with van der Waals surface area (Å²) < 4.78 is 0. The van der Waals surface area contributed by atoms with E-state index in [-0.39, 0.29) is 5.84 Å². The van der Waals surface area contributed by atoms with E-state index in [1.165, 1.54) is 16.0 Å². The van der Waals surface area contributed by atoms with Crippen molar-refractivity contribution in [3.05, 3.63) is 64.7 Å². The normalized spacial score (nSPS) is 11.6. The van der Waals surface area contributed by atoms with Crippen LogP contribution < -0.4 is 5.73 Å². The molecule has 0 radical (unpaired) electrons. The van der Waals surface area contributed by atoms with Crippen molar-refractivity contribution >= 4 is 17.6 Å². The van der Waals surface area contributed by atoms with Crippen LogP contribution in [0.15, 0.2) is 52.5 Å². The summed E-state index contributed by atoms with van der Waals surface area (Å²) in [6.07, 6.45) is 0. The molecule has 3 nitrogen and oxygen atoms in total. The highest BCUT2D eigenvalue weighted by Gasteiger charge is 2.03. The zero-order valence-corrected chi connectivity index (χ0v) is 12.4. The van der Waals surface area contributed by atoms with Crippen LogP contribution >= 0.6 is 11.8 Å². The summed E-state index contributed by atoms with van der Waals surface area (Å²) in [7, 11) is 0. The van der Waals surface area contributed by atoms with Gasteiger partial charge < -0.3 is 10.9 Å². The number of thioether (sulfide) groups is 1. The molecule has 2 aromatic rings. The third kappa shape index (κ3) is 3.54. The Morgan fingerprint density at radius 1 is 1.20 bits per heavy atom. The number of oxime groups is 1. The van der Waals surface area contributed by atoms with Crippen LogP contribution in [-0.2, 0) is 5.75 Å². The van der Waals surface area contributed by atoms with Crippen LogP contribution in [0.3, 0.4) is 0 Å². The number of aryl methyl sites for hydroxylation is 2. The molecule has 0 bridgehead atoms. The van der Waals surface area contributed by atoms with E-state index in [4.69, 9.17) is 10.9 Å². The van der Waals surface area contributed by atoms with E-state index in [1.807, 2.05) is 24.3 Å². The van der Waals surface area contributed by atoms with Gasteiger partial charge in [0.05, 0.1) is 0 Å². The van der Waals surface area contributed by atoms with E-state index in [2.05, 4.69) is 37.2 Å². The monoisotopic (exact) mass is 286 g/mol. The van der Waals surface area contributed by atoms with E-state index in [0.717, 1.165) is 16.9 Å². The first-order chi connectivity index (χ1) is 9.60. The van der Waals surface area contributed by atoms with Crippen LogP contribution in [0.2, 0.25) is 0 Å². The maximum absolute atomic E-state index is 8.71. The second-order valence-corrected chi connectivity index (χ2v) is 5.76. The Morgan fingerprint density at radius 2 is 2.00 bits per heavy atom. The first-order valence-electron chi connectivity index (χ1n) is 6.37. The molecule has 0 aliphatic carbocycles. The second kappa shape index (κ2) is 6.48. The second-order valence-electron chi connectivity index (χ2n) is 4.74. The molecule has 0 saturated heterocycles. The molecule has 0 aliphatic rings. The van der Waals surface area contributed by atoms with Gasteiger partial charge in [0.15, 0.2) is 5.84 Å². The molecule has 104 valence electrons. The Morgan fingerprint density at radius 3 is 2.75 bits per heavy atom. The molecule has 2 rings (SSSR count). The predicted molar refractivity (Wildman–Crippen MR) is 84.4 cm³/mol. The Hall–Kier alpha value is -1.94. The average Bonchev–Trinajstić information content (AvgIpc) is 2.47. The van der Waals surface area contributed by atoms with Crippen molar-refractivity contribution in [2.45, 2.75) is 24.5 Å². The molecule has 0 saturated carbocycles. The van der Waals surface area contributed by atoms with Crippen molar-refractivity contribution in [1.29, 1.82) is 0 Å². The number of hydrogen-bond donors (Lipinski definition) is 2. The van der Waals surface area contributed by atoms with Gasteiger partial charge >= 0.3 is 0 Å². The van der Waals surface area contributed by atoms with Gasteiger partial charge in [-0.15, -0.1) is 11.8 Å². The molecular formula is C16H18N2OS. The lowest BCUT2D eigenvalue weighted by atomic mass is 10.1. The van der Waals surface area contributed by atoms with Gasteiger partial charge in [0.25, 0.3) is 0 Å². The third-order valence-electron chi connectivity index (χ3n) is 3.07. The van der Waals surface area contributed by atoms with Crippen molar-refractivity contribution in [3.63, 3.8) is 0 Å². The van der Waals surface area contributed by atoms with Crippen molar-refractivity contribution < 1.29 is 5.21 Å². The molecule has 0 unspecified atom stereocenters. The first-order valence-corrected chi connectivity index (χ1v) is 7.35. The molecule has 0 atom stereocenters. The predicted octanol–water partition coefficient (Wildman–Crippen LogP) is 3.69. The molecule has 0 heterocycles. The molecular weight excluding hydrogens is 268 g/mol. The maximum Gasteiger partial charge on any atom is 0.170 e. The fourth-order valence-electron chi connectivity index (χ4n) is 1.90. The van der Waals surface area contributed by atoms with E-state index >= 15 is 0 Å². The average molecular weight is 286 g/mol. The molecule has 0 amide bonds. The molecule has 3 N–H and O–H groups in total. The fraction of sp³-hybridized carbons (Fsp3) is 0.188. The lowest BCUT2D eigenvalue weighted by molar-refractivity contribution is 0.318. The highest BCUT2D eigenvalue weighted by Crippen LogP contribution is 2.27. The summed E-state index contributed by atoms with van der Waals surface area (Å²) in [4.78, 5) is 1.29. The third-order valence-corrected chi connectivity index (χ3v) is 4.30. The summed E-state index contributed by atoms with van der Waals surface area (Å²) in [6, 6.07) is 14.2. The van der Waals surface area contributed by atoms with E-state index in [9.17, 15) is 0 Å². The topological polar surface area (TPSA) is 58.6 Å². The molecule has 2 aromatic carbocycles. The van der Waals surface area contributed by atoms with Crippen molar-refractivity contribution in [3.8, 4) is 0 Å². The van der Waals surface area contributed by atoms with Gasteiger partial charge in [-0.2, -0.15) is 0 Å². The van der Waals surface area contributed by atoms with E-state index in [0.29, 0.717) is 0 Å².